The average molecular weight is 309 g/mol. The molecule has 112 valence electrons. The maximum Gasteiger partial charge on any atom is 0.387 e. The highest BCUT2D eigenvalue weighted by atomic mass is 32.2. The molecule has 1 unspecified atom stereocenters. The van der Waals surface area contributed by atoms with Crippen molar-refractivity contribution in [1.29, 1.82) is 0 Å². The zero-order valence-electron chi connectivity index (χ0n) is 11.8. The summed E-state index contributed by atoms with van der Waals surface area (Å²) in [7, 11) is 0. The van der Waals surface area contributed by atoms with Crippen molar-refractivity contribution >= 4 is 17.4 Å². The highest BCUT2D eigenvalue weighted by molar-refractivity contribution is 7.98. The van der Waals surface area contributed by atoms with Crippen LogP contribution in [0.3, 0.4) is 0 Å². The standard InChI is InChI=1S/C16H17F2NOS/c1-11(12-3-9-15(21-2)10-4-12)19-13-5-7-14(8-6-13)20-16(17)18/h3-11,16,19H,1-2H3. The van der Waals surface area contributed by atoms with E-state index in [1.807, 2.05) is 6.26 Å². The largest absolute Gasteiger partial charge is 0.435 e. The van der Waals surface area contributed by atoms with E-state index in [1.54, 1.807) is 23.9 Å². The van der Waals surface area contributed by atoms with Gasteiger partial charge in [0.1, 0.15) is 5.75 Å². The summed E-state index contributed by atoms with van der Waals surface area (Å²) in [5, 5.41) is 3.33. The lowest BCUT2D eigenvalue weighted by Crippen LogP contribution is -2.06. The van der Waals surface area contributed by atoms with E-state index in [1.165, 1.54) is 22.6 Å². The van der Waals surface area contributed by atoms with Gasteiger partial charge in [0.2, 0.25) is 0 Å². The zero-order chi connectivity index (χ0) is 15.2. The molecule has 0 aliphatic rings. The van der Waals surface area contributed by atoms with Crippen molar-refractivity contribution in [3.8, 4) is 5.75 Å². The fourth-order valence-electron chi connectivity index (χ4n) is 1.96. The van der Waals surface area contributed by atoms with Gasteiger partial charge in [-0.2, -0.15) is 8.78 Å². The first-order chi connectivity index (χ1) is 10.1. The van der Waals surface area contributed by atoms with Gasteiger partial charge in [-0.1, -0.05) is 12.1 Å². The molecule has 1 atom stereocenters. The van der Waals surface area contributed by atoms with Gasteiger partial charge in [0.15, 0.2) is 0 Å². The van der Waals surface area contributed by atoms with Gasteiger partial charge in [-0.05, 0) is 55.1 Å². The lowest BCUT2D eigenvalue weighted by atomic mass is 10.1. The Kier molecular flexibility index (Phi) is 5.44. The molecule has 0 fully saturated rings. The first-order valence-corrected chi connectivity index (χ1v) is 7.76. The average Bonchev–Trinajstić information content (AvgIpc) is 2.49. The van der Waals surface area contributed by atoms with E-state index in [0.717, 1.165) is 5.69 Å². The van der Waals surface area contributed by atoms with Crippen molar-refractivity contribution in [2.45, 2.75) is 24.5 Å². The molecule has 2 aromatic carbocycles. The third-order valence-corrected chi connectivity index (χ3v) is 3.82. The third kappa shape index (κ3) is 4.63. The fraction of sp³-hybridized carbons (Fsp3) is 0.250. The summed E-state index contributed by atoms with van der Waals surface area (Å²) >= 11 is 1.70. The predicted molar refractivity (Wildman–Crippen MR) is 83.3 cm³/mol. The second-order valence-electron chi connectivity index (χ2n) is 4.54. The minimum Gasteiger partial charge on any atom is -0.435 e. The number of nitrogens with one attached hydrogen (secondary N) is 1. The molecule has 2 aromatic rings. The molecule has 0 saturated carbocycles. The van der Waals surface area contributed by atoms with Crippen molar-refractivity contribution in [3.63, 3.8) is 0 Å². The minimum atomic E-state index is -2.79. The van der Waals surface area contributed by atoms with E-state index in [0.29, 0.717) is 0 Å². The van der Waals surface area contributed by atoms with Gasteiger partial charge in [-0.15, -0.1) is 11.8 Å². The summed E-state index contributed by atoms with van der Waals surface area (Å²) in [4.78, 5) is 1.22. The minimum absolute atomic E-state index is 0.128. The van der Waals surface area contributed by atoms with Gasteiger partial charge in [-0.25, -0.2) is 0 Å². The highest BCUT2D eigenvalue weighted by Gasteiger charge is 2.07. The first kappa shape index (κ1) is 15.6. The van der Waals surface area contributed by atoms with Crippen LogP contribution in [0.5, 0.6) is 5.75 Å². The third-order valence-electron chi connectivity index (χ3n) is 3.08. The van der Waals surface area contributed by atoms with Crippen LogP contribution in [-0.4, -0.2) is 12.9 Å². The first-order valence-electron chi connectivity index (χ1n) is 6.54. The normalized spacial score (nSPS) is 12.2. The van der Waals surface area contributed by atoms with Gasteiger partial charge in [0.05, 0.1) is 0 Å². The Morgan fingerprint density at radius 1 is 1.00 bits per heavy atom. The van der Waals surface area contributed by atoms with Crippen molar-refractivity contribution < 1.29 is 13.5 Å². The zero-order valence-corrected chi connectivity index (χ0v) is 12.7. The Morgan fingerprint density at radius 3 is 2.14 bits per heavy atom. The Hall–Kier alpha value is -1.75. The number of alkyl halides is 2. The molecule has 0 aliphatic heterocycles. The van der Waals surface area contributed by atoms with Crippen molar-refractivity contribution in [2.75, 3.05) is 11.6 Å². The van der Waals surface area contributed by atoms with Crippen LogP contribution in [0, 0.1) is 0 Å². The predicted octanol–water partition coefficient (Wildman–Crippen LogP) is 5.18. The van der Waals surface area contributed by atoms with E-state index >= 15 is 0 Å². The van der Waals surface area contributed by atoms with Gasteiger partial charge in [0.25, 0.3) is 0 Å². The lowest BCUT2D eigenvalue weighted by Gasteiger charge is -2.16. The van der Waals surface area contributed by atoms with Crippen molar-refractivity contribution in [3.05, 3.63) is 54.1 Å². The van der Waals surface area contributed by atoms with Crippen LogP contribution in [0.15, 0.2) is 53.4 Å². The summed E-state index contributed by atoms with van der Waals surface area (Å²) in [6.07, 6.45) is 2.04. The molecule has 0 saturated heterocycles. The molecule has 0 radical (unpaired) electrons. The molecule has 1 N–H and O–H groups in total. The maximum atomic E-state index is 12.1. The number of benzene rings is 2. The highest BCUT2D eigenvalue weighted by Crippen LogP contribution is 2.24. The summed E-state index contributed by atoms with van der Waals surface area (Å²) in [6, 6.07) is 15.0. The summed E-state index contributed by atoms with van der Waals surface area (Å²) < 4.78 is 28.5. The van der Waals surface area contributed by atoms with Crippen LogP contribution >= 0.6 is 11.8 Å². The van der Waals surface area contributed by atoms with Crippen molar-refractivity contribution in [2.24, 2.45) is 0 Å². The number of anilines is 1. The molecule has 0 spiro atoms. The second kappa shape index (κ2) is 7.31. The van der Waals surface area contributed by atoms with Crippen LogP contribution in [0.1, 0.15) is 18.5 Å². The number of hydrogen-bond donors (Lipinski definition) is 1. The van der Waals surface area contributed by atoms with E-state index in [4.69, 9.17) is 0 Å². The van der Waals surface area contributed by atoms with Crippen LogP contribution in [0.4, 0.5) is 14.5 Å². The number of ether oxygens (including phenoxy) is 1. The number of rotatable bonds is 6. The van der Waals surface area contributed by atoms with Crippen LogP contribution in [0.25, 0.3) is 0 Å². The molecule has 0 aromatic heterocycles. The molecular formula is C16H17F2NOS. The molecule has 2 nitrogen and oxygen atoms in total. The Bertz CT molecular complexity index is 557. The SMILES string of the molecule is CSc1ccc(C(C)Nc2ccc(OC(F)F)cc2)cc1. The summed E-state index contributed by atoms with van der Waals surface area (Å²) in [6.45, 7) is -0.741. The van der Waals surface area contributed by atoms with Crippen LogP contribution in [0.2, 0.25) is 0 Å². The molecule has 0 bridgehead atoms. The van der Waals surface area contributed by atoms with Gasteiger partial charge in [0, 0.05) is 16.6 Å². The number of thioether (sulfide) groups is 1. The summed E-state index contributed by atoms with van der Waals surface area (Å²) in [5.41, 5.74) is 2.03. The van der Waals surface area contributed by atoms with Gasteiger partial charge < -0.3 is 10.1 Å². The fourth-order valence-corrected chi connectivity index (χ4v) is 2.37. The Balaban J connectivity index is 1.99. The van der Waals surface area contributed by atoms with Crippen LogP contribution < -0.4 is 10.1 Å². The van der Waals surface area contributed by atoms with E-state index in [2.05, 4.69) is 41.2 Å². The van der Waals surface area contributed by atoms with Crippen molar-refractivity contribution in [1.82, 2.24) is 0 Å². The molecular weight excluding hydrogens is 292 g/mol. The molecule has 0 aliphatic carbocycles. The van der Waals surface area contributed by atoms with E-state index < -0.39 is 6.61 Å². The molecule has 2 rings (SSSR count). The second-order valence-corrected chi connectivity index (χ2v) is 5.42. The molecule has 21 heavy (non-hydrogen) atoms. The molecule has 0 amide bonds. The molecule has 0 heterocycles. The lowest BCUT2D eigenvalue weighted by molar-refractivity contribution is -0.0498. The maximum absolute atomic E-state index is 12.1. The smallest absolute Gasteiger partial charge is 0.387 e. The van der Waals surface area contributed by atoms with Gasteiger partial charge >= 0.3 is 6.61 Å². The number of halogens is 2. The van der Waals surface area contributed by atoms with E-state index in [-0.39, 0.29) is 11.8 Å². The quantitative estimate of drug-likeness (QED) is 0.743. The Labute approximate surface area is 127 Å². The summed E-state index contributed by atoms with van der Waals surface area (Å²) in [5.74, 6) is 0.160. The van der Waals surface area contributed by atoms with Gasteiger partial charge in [-0.3, -0.25) is 0 Å². The molecule has 5 heteroatoms. The monoisotopic (exact) mass is 309 g/mol. The van der Waals surface area contributed by atoms with Crippen LogP contribution in [-0.2, 0) is 0 Å². The van der Waals surface area contributed by atoms with E-state index in [9.17, 15) is 8.78 Å². The topological polar surface area (TPSA) is 21.3 Å². The number of hydrogen-bond acceptors (Lipinski definition) is 3. The Morgan fingerprint density at radius 2 is 1.62 bits per heavy atom.